The van der Waals surface area contributed by atoms with Gasteiger partial charge in [-0.25, -0.2) is 4.98 Å². The van der Waals surface area contributed by atoms with E-state index in [1.54, 1.807) is 6.26 Å². The number of nitrogens with zero attached hydrogens (tertiary/aromatic N) is 1. The average molecular weight is 382 g/mol. The van der Waals surface area contributed by atoms with Crippen molar-refractivity contribution in [3.63, 3.8) is 0 Å². The number of halogens is 1. The first-order valence-corrected chi connectivity index (χ1v) is 9.66. The van der Waals surface area contributed by atoms with E-state index in [1.165, 1.54) is 34.2 Å². The zero-order valence-corrected chi connectivity index (χ0v) is 16.2. The molecule has 4 aromatic rings. The summed E-state index contributed by atoms with van der Waals surface area (Å²) in [4.78, 5) is 7.68. The van der Waals surface area contributed by atoms with E-state index in [-0.39, 0.29) is 12.4 Å². The smallest absolute Gasteiger partial charge is 0.134 e. The second kappa shape index (κ2) is 6.90. The van der Waals surface area contributed by atoms with Crippen LogP contribution in [0.5, 0.6) is 0 Å². The third kappa shape index (κ3) is 2.85. The van der Waals surface area contributed by atoms with Gasteiger partial charge in [0.05, 0.1) is 12.0 Å². The van der Waals surface area contributed by atoms with Gasteiger partial charge in [0, 0.05) is 21.4 Å². The van der Waals surface area contributed by atoms with Crippen LogP contribution >= 0.6 is 23.7 Å². The van der Waals surface area contributed by atoms with Crippen molar-refractivity contribution in [1.82, 2.24) is 4.98 Å². The lowest BCUT2D eigenvalue weighted by atomic mass is 9.88. The van der Waals surface area contributed by atoms with Gasteiger partial charge in [-0.3, -0.25) is 0 Å². The van der Waals surface area contributed by atoms with Crippen LogP contribution in [0.1, 0.15) is 23.8 Å². The number of aryl methyl sites for hydroxylation is 1. The number of hydrogen-bond acceptors (Lipinski definition) is 3. The molecule has 0 saturated carbocycles. The van der Waals surface area contributed by atoms with Gasteiger partial charge >= 0.3 is 0 Å². The first kappa shape index (κ1) is 17.3. The molecular formula is C22H20ClNOS. The van der Waals surface area contributed by atoms with Crippen molar-refractivity contribution in [2.75, 3.05) is 0 Å². The molecule has 5 rings (SSSR count). The van der Waals surface area contributed by atoms with Crippen LogP contribution in [0.15, 0.2) is 59.2 Å². The molecule has 0 fully saturated rings. The number of benzene rings is 1. The summed E-state index contributed by atoms with van der Waals surface area (Å²) in [6.07, 6.45) is 5.34. The van der Waals surface area contributed by atoms with E-state index in [1.807, 2.05) is 23.5 Å². The summed E-state index contributed by atoms with van der Waals surface area (Å²) in [5.41, 5.74) is 4.85. The molecule has 0 bridgehead atoms. The Morgan fingerprint density at radius 3 is 2.73 bits per heavy atom. The summed E-state index contributed by atoms with van der Waals surface area (Å²) in [6, 6.07) is 16.6. The Kier molecular flexibility index (Phi) is 4.60. The highest BCUT2D eigenvalue weighted by molar-refractivity contribution is 7.19. The monoisotopic (exact) mass is 381 g/mol. The lowest BCUT2D eigenvalue weighted by Crippen LogP contribution is -2.08. The normalized spacial score (nSPS) is 16.3. The van der Waals surface area contributed by atoms with E-state index < -0.39 is 0 Å². The molecule has 0 spiro atoms. The van der Waals surface area contributed by atoms with Crippen LogP contribution in [0.2, 0.25) is 0 Å². The molecule has 0 aliphatic heterocycles. The molecular weight excluding hydrogens is 362 g/mol. The zero-order valence-electron chi connectivity index (χ0n) is 14.6. The Morgan fingerprint density at radius 2 is 1.96 bits per heavy atom. The van der Waals surface area contributed by atoms with Crippen LogP contribution in [0.4, 0.5) is 0 Å². The molecule has 26 heavy (non-hydrogen) atoms. The van der Waals surface area contributed by atoms with E-state index in [0.29, 0.717) is 0 Å². The highest BCUT2D eigenvalue weighted by atomic mass is 35.5. The van der Waals surface area contributed by atoms with Crippen LogP contribution in [0, 0.1) is 5.92 Å². The number of hydrogen-bond donors (Lipinski definition) is 0. The van der Waals surface area contributed by atoms with Gasteiger partial charge in [-0.1, -0.05) is 37.3 Å². The highest BCUT2D eigenvalue weighted by Gasteiger charge is 2.24. The lowest BCUT2D eigenvalue weighted by Gasteiger charge is -2.18. The van der Waals surface area contributed by atoms with E-state index in [0.717, 1.165) is 34.2 Å². The van der Waals surface area contributed by atoms with Crippen molar-refractivity contribution in [1.29, 1.82) is 0 Å². The molecule has 132 valence electrons. The van der Waals surface area contributed by atoms with Gasteiger partial charge in [0.2, 0.25) is 0 Å². The molecule has 2 nitrogen and oxygen atoms in total. The molecule has 0 N–H and O–H groups in total. The molecule has 1 unspecified atom stereocenters. The first-order valence-electron chi connectivity index (χ1n) is 8.84. The third-order valence-electron chi connectivity index (χ3n) is 5.12. The predicted molar refractivity (Wildman–Crippen MR) is 111 cm³/mol. The fraction of sp³-hybridized carbons (Fsp3) is 0.227. The average Bonchev–Trinajstić information content (AvgIpc) is 3.28. The maximum Gasteiger partial charge on any atom is 0.134 e. The summed E-state index contributed by atoms with van der Waals surface area (Å²) in [6.45, 7) is 2.35. The first-order chi connectivity index (χ1) is 12.3. The Balaban J connectivity index is 0.00000168. The zero-order chi connectivity index (χ0) is 16.8. The Morgan fingerprint density at radius 1 is 1.12 bits per heavy atom. The summed E-state index contributed by atoms with van der Waals surface area (Å²) >= 11 is 1.87. The molecule has 1 aliphatic rings. The maximum atomic E-state index is 5.78. The second-order valence-electron chi connectivity index (χ2n) is 6.93. The van der Waals surface area contributed by atoms with Crippen molar-refractivity contribution >= 4 is 34.0 Å². The van der Waals surface area contributed by atoms with Crippen molar-refractivity contribution in [3.05, 3.63) is 65.2 Å². The number of fused-ring (bicyclic) bond motifs is 3. The minimum absolute atomic E-state index is 0. The lowest BCUT2D eigenvalue weighted by molar-refractivity contribution is 0.509. The van der Waals surface area contributed by atoms with E-state index in [9.17, 15) is 0 Å². The fourth-order valence-corrected chi connectivity index (χ4v) is 5.23. The van der Waals surface area contributed by atoms with Gasteiger partial charge in [-0.15, -0.1) is 23.7 Å². The molecule has 4 heteroatoms. The minimum Gasteiger partial charge on any atom is -0.464 e. The predicted octanol–water partition coefficient (Wildman–Crippen LogP) is 6.77. The van der Waals surface area contributed by atoms with Gasteiger partial charge in [-0.05, 0) is 48.9 Å². The van der Waals surface area contributed by atoms with Crippen molar-refractivity contribution in [3.8, 4) is 22.6 Å². The molecule has 1 aromatic carbocycles. The number of rotatable bonds is 2. The van der Waals surface area contributed by atoms with Crippen LogP contribution in [-0.2, 0) is 12.8 Å². The van der Waals surface area contributed by atoms with Gasteiger partial charge in [-0.2, -0.15) is 0 Å². The van der Waals surface area contributed by atoms with E-state index >= 15 is 0 Å². The van der Waals surface area contributed by atoms with Crippen molar-refractivity contribution < 1.29 is 4.42 Å². The Bertz CT molecular complexity index is 1040. The minimum atomic E-state index is 0. The van der Waals surface area contributed by atoms with Gasteiger partial charge < -0.3 is 4.42 Å². The van der Waals surface area contributed by atoms with Gasteiger partial charge in [0.1, 0.15) is 10.6 Å². The Labute approximate surface area is 163 Å². The van der Waals surface area contributed by atoms with Crippen LogP contribution < -0.4 is 0 Å². The standard InChI is InChI=1S/C22H19NOS.ClH/c1-14-9-10-16-20(12-14)25-22-21(16)17(19-8-5-11-24-19)13-18(23-22)15-6-3-2-4-7-15;/h2-8,11,13-14H,9-10,12H2,1H3;1H. The largest absolute Gasteiger partial charge is 0.464 e. The van der Waals surface area contributed by atoms with Crippen molar-refractivity contribution in [2.45, 2.75) is 26.2 Å². The summed E-state index contributed by atoms with van der Waals surface area (Å²) < 4.78 is 5.78. The number of aromatic nitrogens is 1. The topological polar surface area (TPSA) is 26.0 Å². The summed E-state index contributed by atoms with van der Waals surface area (Å²) in [7, 11) is 0. The molecule has 0 amide bonds. The fourth-order valence-electron chi connectivity index (χ4n) is 3.83. The van der Waals surface area contributed by atoms with Crippen molar-refractivity contribution in [2.24, 2.45) is 5.92 Å². The summed E-state index contributed by atoms with van der Waals surface area (Å²) in [5.74, 6) is 1.70. The van der Waals surface area contributed by atoms with Gasteiger partial charge in [0.25, 0.3) is 0 Å². The van der Waals surface area contributed by atoms with Crippen LogP contribution in [-0.4, -0.2) is 4.98 Å². The second-order valence-corrected chi connectivity index (χ2v) is 8.01. The van der Waals surface area contributed by atoms with Gasteiger partial charge in [0.15, 0.2) is 0 Å². The maximum absolute atomic E-state index is 5.78. The Hall–Kier alpha value is -2.10. The molecule has 3 heterocycles. The SMILES string of the molecule is CC1CCc2c(sc3nc(-c4ccccc4)cc(-c4ccco4)c23)C1.Cl. The van der Waals surface area contributed by atoms with E-state index in [2.05, 4.69) is 43.3 Å². The summed E-state index contributed by atoms with van der Waals surface area (Å²) in [5, 5.41) is 1.31. The number of pyridine rings is 1. The molecule has 3 aromatic heterocycles. The molecule has 1 aliphatic carbocycles. The number of thiophene rings is 1. The highest BCUT2D eigenvalue weighted by Crippen LogP contribution is 2.43. The molecule has 0 saturated heterocycles. The third-order valence-corrected chi connectivity index (χ3v) is 6.27. The molecule has 0 radical (unpaired) electrons. The quantitative estimate of drug-likeness (QED) is 0.383. The van der Waals surface area contributed by atoms with E-state index in [4.69, 9.17) is 9.40 Å². The van der Waals surface area contributed by atoms with Crippen LogP contribution in [0.3, 0.4) is 0 Å². The molecule has 1 atom stereocenters. The number of furan rings is 1. The van der Waals surface area contributed by atoms with Crippen LogP contribution in [0.25, 0.3) is 32.8 Å².